The summed E-state index contributed by atoms with van der Waals surface area (Å²) in [6.45, 7) is 0. The zero-order valence-corrected chi connectivity index (χ0v) is 11.1. The number of thiol groups is 1. The number of allylic oxidation sites excluding steroid dienone is 6. The molecule has 0 saturated carbocycles. The molecule has 1 aromatic carbocycles. The molecule has 1 aromatic rings. The molecule has 0 nitrogen and oxygen atoms in total. The van der Waals surface area contributed by atoms with Gasteiger partial charge >= 0.3 is 0 Å². The highest BCUT2D eigenvalue weighted by molar-refractivity contribution is 9.10. The maximum atomic E-state index is 3.47. The summed E-state index contributed by atoms with van der Waals surface area (Å²) in [4.78, 5) is 1.40. The van der Waals surface area contributed by atoms with E-state index in [0.29, 0.717) is 0 Å². The van der Waals surface area contributed by atoms with E-state index in [4.69, 9.17) is 0 Å². The quantitative estimate of drug-likeness (QED) is 0.711. The van der Waals surface area contributed by atoms with E-state index in [0.717, 1.165) is 4.47 Å². The third-order valence-electron chi connectivity index (χ3n) is 2.70. The lowest BCUT2D eigenvalue weighted by Crippen LogP contribution is -1.87. The zero-order chi connectivity index (χ0) is 11.0. The minimum atomic E-state index is -0.267. The van der Waals surface area contributed by atoms with Crippen molar-refractivity contribution < 1.29 is 0 Å². The Kier molecular flexibility index (Phi) is 2.62. The predicted molar refractivity (Wildman–Crippen MR) is 75.8 cm³/mol. The average molecular weight is 291 g/mol. The van der Waals surface area contributed by atoms with E-state index in [2.05, 4.69) is 75.3 Å². The number of hydrogen-bond acceptors (Lipinski definition) is 0. The lowest BCUT2D eigenvalue weighted by atomic mass is 10.2. The molecule has 0 bridgehead atoms. The molecular weight excluding hydrogens is 280 g/mol. The van der Waals surface area contributed by atoms with Crippen molar-refractivity contribution in [2.45, 2.75) is 4.90 Å². The molecule has 0 saturated heterocycles. The lowest BCUT2D eigenvalue weighted by Gasteiger charge is -2.19. The van der Waals surface area contributed by atoms with Gasteiger partial charge in [0.1, 0.15) is 0 Å². The highest BCUT2D eigenvalue weighted by Gasteiger charge is 2.11. The van der Waals surface area contributed by atoms with Gasteiger partial charge in [-0.25, -0.2) is 0 Å². The minimum Gasteiger partial charge on any atom is -0.185 e. The van der Waals surface area contributed by atoms with Gasteiger partial charge in [0.15, 0.2) is 0 Å². The van der Waals surface area contributed by atoms with Gasteiger partial charge < -0.3 is 0 Å². The summed E-state index contributed by atoms with van der Waals surface area (Å²) in [6.07, 6.45) is 8.71. The van der Waals surface area contributed by atoms with Gasteiger partial charge in [0.05, 0.1) is 0 Å². The second kappa shape index (κ2) is 4.11. The highest BCUT2D eigenvalue weighted by Crippen LogP contribution is 2.45. The number of fused-ring (bicyclic) bond motifs is 1. The molecule has 0 spiro atoms. The second-order valence-corrected chi connectivity index (χ2v) is 6.57. The molecule has 0 amide bonds. The van der Waals surface area contributed by atoms with Crippen LogP contribution in [0.15, 0.2) is 79.9 Å². The summed E-state index contributed by atoms with van der Waals surface area (Å²) >= 11 is 3.47. The summed E-state index contributed by atoms with van der Waals surface area (Å²) in [6, 6.07) is 8.62. The monoisotopic (exact) mass is 290 g/mol. The fourth-order valence-corrected chi connectivity index (χ4v) is 3.87. The van der Waals surface area contributed by atoms with Crippen LogP contribution >= 0.6 is 26.8 Å². The van der Waals surface area contributed by atoms with Crippen LogP contribution in [-0.4, -0.2) is 0 Å². The lowest BCUT2D eigenvalue weighted by molar-refractivity contribution is 1.44. The predicted octanol–water partition coefficient (Wildman–Crippen LogP) is 4.72. The van der Waals surface area contributed by atoms with Crippen molar-refractivity contribution in [1.29, 1.82) is 0 Å². The first-order valence-electron chi connectivity index (χ1n) is 5.16. The van der Waals surface area contributed by atoms with Crippen LogP contribution in [0.4, 0.5) is 0 Å². The SMILES string of the molecule is Brc1ccc([SH]2C=CC3=CC=CC3=C2)cc1. The topological polar surface area (TPSA) is 0 Å². The first-order chi connectivity index (χ1) is 7.83. The van der Waals surface area contributed by atoms with E-state index in [1.807, 2.05) is 0 Å². The molecule has 1 aliphatic carbocycles. The molecule has 1 unspecified atom stereocenters. The average Bonchev–Trinajstić information content (AvgIpc) is 2.77. The second-order valence-electron chi connectivity index (χ2n) is 3.76. The van der Waals surface area contributed by atoms with Gasteiger partial charge in [-0.05, 0) is 57.2 Å². The smallest absolute Gasteiger partial charge is 0.0176 e. The summed E-state index contributed by atoms with van der Waals surface area (Å²) in [5.41, 5.74) is 2.72. The van der Waals surface area contributed by atoms with Crippen molar-refractivity contribution in [1.82, 2.24) is 0 Å². The highest BCUT2D eigenvalue weighted by atomic mass is 79.9. The van der Waals surface area contributed by atoms with E-state index >= 15 is 0 Å². The Morgan fingerprint density at radius 3 is 2.56 bits per heavy atom. The van der Waals surface area contributed by atoms with Crippen LogP contribution in [0, 0.1) is 0 Å². The molecule has 1 aliphatic heterocycles. The molecule has 16 heavy (non-hydrogen) atoms. The molecule has 1 heterocycles. The van der Waals surface area contributed by atoms with Gasteiger partial charge in [-0.15, -0.1) is 0 Å². The molecule has 0 radical (unpaired) electrons. The third-order valence-corrected chi connectivity index (χ3v) is 5.15. The molecular formula is C14H11BrS. The third kappa shape index (κ3) is 1.83. The minimum absolute atomic E-state index is 0.267. The fourth-order valence-electron chi connectivity index (χ4n) is 1.84. The van der Waals surface area contributed by atoms with Crippen LogP contribution in [0.3, 0.4) is 0 Å². The van der Waals surface area contributed by atoms with Crippen molar-refractivity contribution >= 4 is 26.8 Å². The van der Waals surface area contributed by atoms with Crippen LogP contribution < -0.4 is 0 Å². The summed E-state index contributed by atoms with van der Waals surface area (Å²) in [7, 11) is -0.267. The number of benzene rings is 1. The maximum absolute atomic E-state index is 3.47. The largest absolute Gasteiger partial charge is 0.185 e. The molecule has 0 fully saturated rings. The Morgan fingerprint density at radius 1 is 0.938 bits per heavy atom. The Morgan fingerprint density at radius 2 is 1.75 bits per heavy atom. The number of hydrogen-bond donors (Lipinski definition) is 1. The molecule has 3 rings (SSSR count). The Labute approximate surface area is 107 Å². The molecule has 80 valence electrons. The van der Waals surface area contributed by atoms with Crippen LogP contribution in [0.5, 0.6) is 0 Å². The van der Waals surface area contributed by atoms with Crippen LogP contribution in [0.2, 0.25) is 0 Å². The van der Waals surface area contributed by atoms with Crippen LogP contribution in [0.25, 0.3) is 0 Å². The van der Waals surface area contributed by atoms with E-state index in [9.17, 15) is 0 Å². The van der Waals surface area contributed by atoms with E-state index in [1.54, 1.807) is 0 Å². The van der Waals surface area contributed by atoms with Gasteiger partial charge in [-0.2, -0.15) is 10.9 Å². The molecule has 2 heteroatoms. The molecule has 2 aliphatic rings. The van der Waals surface area contributed by atoms with Crippen molar-refractivity contribution in [2.75, 3.05) is 0 Å². The molecule has 1 atom stereocenters. The normalized spacial score (nSPS) is 23.9. The maximum Gasteiger partial charge on any atom is 0.0176 e. The Balaban J connectivity index is 1.95. The van der Waals surface area contributed by atoms with Gasteiger partial charge in [0.25, 0.3) is 0 Å². The van der Waals surface area contributed by atoms with Crippen molar-refractivity contribution in [3.8, 4) is 0 Å². The van der Waals surface area contributed by atoms with Crippen LogP contribution in [-0.2, 0) is 0 Å². The first kappa shape index (κ1) is 10.2. The summed E-state index contributed by atoms with van der Waals surface area (Å²) in [5, 5.41) is 4.70. The summed E-state index contributed by atoms with van der Waals surface area (Å²) in [5.74, 6) is 0. The van der Waals surface area contributed by atoms with Gasteiger partial charge in [0.2, 0.25) is 0 Å². The zero-order valence-electron chi connectivity index (χ0n) is 8.60. The molecule has 0 N–H and O–H groups in total. The number of halogens is 1. The van der Waals surface area contributed by atoms with Gasteiger partial charge in [-0.1, -0.05) is 34.2 Å². The van der Waals surface area contributed by atoms with Gasteiger partial charge in [0, 0.05) is 4.47 Å². The van der Waals surface area contributed by atoms with Crippen LogP contribution in [0.1, 0.15) is 0 Å². The van der Waals surface area contributed by atoms with Crippen molar-refractivity contribution in [2.24, 2.45) is 0 Å². The first-order valence-corrected chi connectivity index (χ1v) is 7.43. The van der Waals surface area contributed by atoms with Crippen molar-refractivity contribution in [3.63, 3.8) is 0 Å². The Hall–Kier alpha value is -0.990. The fraction of sp³-hybridized carbons (Fsp3) is 0. The van der Waals surface area contributed by atoms with E-state index in [1.165, 1.54) is 16.0 Å². The standard InChI is InChI=1S/C14H11BrS/c15-13-4-6-14(7-5-13)16-9-8-11-2-1-3-12(11)10-16/h1-10,16H. The Bertz CT molecular complexity index is 532. The molecule has 0 aromatic heterocycles. The van der Waals surface area contributed by atoms with Gasteiger partial charge in [-0.3, -0.25) is 0 Å². The number of rotatable bonds is 1. The summed E-state index contributed by atoms with van der Waals surface area (Å²) < 4.78 is 1.14. The van der Waals surface area contributed by atoms with E-state index < -0.39 is 0 Å². The van der Waals surface area contributed by atoms with Crippen molar-refractivity contribution in [3.05, 3.63) is 75.0 Å². The van der Waals surface area contributed by atoms with E-state index in [-0.39, 0.29) is 10.9 Å².